The number of carbonyl (C=O) groups is 2. The molecule has 2 aliphatic rings. The predicted octanol–water partition coefficient (Wildman–Crippen LogP) is 3.31. The van der Waals surface area contributed by atoms with E-state index in [1.165, 1.54) is 0 Å². The quantitative estimate of drug-likeness (QED) is 0.309. The molecular weight excluding hydrogens is 472 g/mol. The molecule has 0 bridgehead atoms. The summed E-state index contributed by atoms with van der Waals surface area (Å²) in [6.07, 6.45) is 6.35. The fourth-order valence-electron chi connectivity index (χ4n) is 5.21. The molecule has 0 saturated carbocycles. The van der Waals surface area contributed by atoms with Gasteiger partial charge in [0.25, 0.3) is 0 Å². The summed E-state index contributed by atoms with van der Waals surface area (Å²) in [6.45, 7) is 6.96. The van der Waals surface area contributed by atoms with Crippen molar-refractivity contribution in [3.05, 3.63) is 41.5 Å². The minimum Gasteiger partial charge on any atom is -0.486 e. The first kappa shape index (κ1) is 29.1. The van der Waals surface area contributed by atoms with Gasteiger partial charge in [0.05, 0.1) is 24.7 Å². The van der Waals surface area contributed by atoms with Crippen molar-refractivity contribution in [3.63, 3.8) is 0 Å². The topological polar surface area (TPSA) is 108 Å². The fraction of sp³-hybridized carbons (Fsp3) is 0.655. The molecule has 1 aromatic carbocycles. The van der Waals surface area contributed by atoms with Crippen LogP contribution in [0.15, 0.2) is 35.9 Å². The number of benzene rings is 1. The number of para-hydroxylation sites is 1. The average Bonchev–Trinajstić information content (AvgIpc) is 3.28. The molecule has 1 aliphatic heterocycles. The zero-order valence-electron chi connectivity index (χ0n) is 22.5. The maximum Gasteiger partial charge on any atom is 0.247 e. The summed E-state index contributed by atoms with van der Waals surface area (Å²) in [5.41, 5.74) is 1.30. The number of unbranched alkanes of at least 4 members (excludes halogenated alkanes) is 4. The molecule has 8 nitrogen and oxygen atoms in total. The zero-order valence-corrected chi connectivity index (χ0v) is 22.5. The summed E-state index contributed by atoms with van der Waals surface area (Å²) in [5, 5.41) is 23.5. The first-order valence-electron chi connectivity index (χ1n) is 13.8. The Morgan fingerprint density at radius 3 is 2.62 bits per heavy atom. The monoisotopic (exact) mass is 516 g/mol. The van der Waals surface area contributed by atoms with Crippen molar-refractivity contribution in [1.29, 1.82) is 0 Å². The number of amides is 2. The lowest BCUT2D eigenvalue weighted by molar-refractivity contribution is -0.137. The van der Waals surface area contributed by atoms with E-state index >= 15 is 0 Å². The highest BCUT2D eigenvalue weighted by atomic mass is 16.5. The van der Waals surface area contributed by atoms with Crippen LogP contribution < -0.4 is 10.1 Å². The van der Waals surface area contributed by atoms with Crippen LogP contribution in [-0.2, 0) is 14.3 Å². The minimum absolute atomic E-state index is 0.0366. The lowest BCUT2D eigenvalue weighted by Gasteiger charge is -2.41. The number of nitrogens with one attached hydrogen (secondary N) is 1. The molecule has 1 heterocycles. The number of rotatable bonds is 15. The van der Waals surface area contributed by atoms with Gasteiger partial charge in [-0.15, -0.1) is 0 Å². The molecule has 0 spiro atoms. The lowest BCUT2D eigenvalue weighted by Crippen LogP contribution is -2.56. The molecule has 37 heavy (non-hydrogen) atoms. The Labute approximate surface area is 221 Å². The van der Waals surface area contributed by atoms with E-state index in [1.807, 2.05) is 38.1 Å². The van der Waals surface area contributed by atoms with Gasteiger partial charge < -0.3 is 29.9 Å². The third kappa shape index (κ3) is 7.55. The highest BCUT2D eigenvalue weighted by Gasteiger charge is 2.50. The SMILES string of the molecule is CCCCCCCC(=O)N(CCCOC(C)C)[C@@H]1C=C(C(=O)NCCO)[C@@H]2c3ccccc3O[C@@H]2[C@H]1O. The van der Waals surface area contributed by atoms with Crippen molar-refractivity contribution in [2.75, 3.05) is 26.3 Å². The molecule has 8 heteroatoms. The Balaban J connectivity index is 1.87. The van der Waals surface area contributed by atoms with E-state index in [4.69, 9.17) is 9.47 Å². The van der Waals surface area contributed by atoms with Crippen LogP contribution in [0.25, 0.3) is 0 Å². The molecule has 3 N–H and O–H groups in total. The summed E-state index contributed by atoms with van der Waals surface area (Å²) in [6, 6.07) is 6.78. The smallest absolute Gasteiger partial charge is 0.247 e. The van der Waals surface area contributed by atoms with Gasteiger partial charge in [-0.2, -0.15) is 0 Å². The van der Waals surface area contributed by atoms with Gasteiger partial charge in [-0.05, 0) is 38.8 Å². The first-order chi connectivity index (χ1) is 17.9. The maximum atomic E-state index is 13.5. The first-order valence-corrected chi connectivity index (χ1v) is 13.8. The molecule has 1 aliphatic carbocycles. The molecule has 0 fully saturated rings. The summed E-state index contributed by atoms with van der Waals surface area (Å²) >= 11 is 0. The molecule has 2 amide bonds. The highest BCUT2D eigenvalue weighted by molar-refractivity contribution is 5.96. The van der Waals surface area contributed by atoms with Crippen LogP contribution in [0.3, 0.4) is 0 Å². The van der Waals surface area contributed by atoms with Crippen molar-refractivity contribution in [3.8, 4) is 5.75 Å². The molecule has 0 saturated heterocycles. The Bertz CT molecular complexity index is 917. The standard InChI is InChI=1S/C29H44N2O6/c1-4-5-6-7-8-14-25(33)31(16-11-18-36-20(2)3)23-19-22(29(35)30-15-17-32)26-21-12-9-10-13-24(21)37-28(26)27(23)34/h9-10,12-13,19-20,23,26-28,32,34H,4-8,11,14-18H2,1-3H3,(H,30,35)/t23-,26+,27+,28+/m1/s1. The van der Waals surface area contributed by atoms with E-state index in [0.29, 0.717) is 37.3 Å². The molecule has 3 rings (SSSR count). The van der Waals surface area contributed by atoms with E-state index in [-0.39, 0.29) is 31.1 Å². The Morgan fingerprint density at radius 1 is 1.14 bits per heavy atom. The Kier molecular flexibility index (Phi) is 11.4. The van der Waals surface area contributed by atoms with Crippen molar-refractivity contribution in [2.45, 2.75) is 96.0 Å². The summed E-state index contributed by atoms with van der Waals surface area (Å²) in [4.78, 5) is 28.4. The number of aliphatic hydroxyl groups is 2. The summed E-state index contributed by atoms with van der Waals surface area (Å²) < 4.78 is 11.9. The molecule has 0 radical (unpaired) electrons. The van der Waals surface area contributed by atoms with Gasteiger partial charge >= 0.3 is 0 Å². The number of carbonyl (C=O) groups excluding carboxylic acids is 2. The van der Waals surface area contributed by atoms with Gasteiger partial charge in [-0.25, -0.2) is 0 Å². The molecule has 206 valence electrons. The van der Waals surface area contributed by atoms with Crippen molar-refractivity contribution < 1.29 is 29.3 Å². The van der Waals surface area contributed by atoms with Gasteiger partial charge in [0.2, 0.25) is 11.8 Å². The third-order valence-electron chi connectivity index (χ3n) is 7.05. The van der Waals surface area contributed by atoms with Crippen molar-refractivity contribution in [2.24, 2.45) is 0 Å². The van der Waals surface area contributed by atoms with Gasteiger partial charge in [0.15, 0.2) is 0 Å². The predicted molar refractivity (Wildman–Crippen MR) is 142 cm³/mol. The van der Waals surface area contributed by atoms with Gasteiger partial charge in [0, 0.05) is 37.3 Å². The highest BCUT2D eigenvalue weighted by Crippen LogP contribution is 2.47. The molecule has 1 aromatic rings. The largest absolute Gasteiger partial charge is 0.486 e. The molecule has 0 unspecified atom stereocenters. The van der Waals surface area contributed by atoms with Crippen LogP contribution in [0.2, 0.25) is 0 Å². The third-order valence-corrected chi connectivity index (χ3v) is 7.05. The summed E-state index contributed by atoms with van der Waals surface area (Å²) in [7, 11) is 0. The normalized spacial score (nSPS) is 22.2. The number of hydrogen-bond donors (Lipinski definition) is 3. The maximum absolute atomic E-state index is 13.5. The van der Waals surface area contributed by atoms with Crippen LogP contribution in [0.5, 0.6) is 5.75 Å². The number of nitrogens with zero attached hydrogens (tertiary/aromatic N) is 1. The van der Waals surface area contributed by atoms with Crippen molar-refractivity contribution in [1.82, 2.24) is 10.2 Å². The van der Waals surface area contributed by atoms with Crippen LogP contribution in [-0.4, -0.2) is 77.6 Å². The van der Waals surface area contributed by atoms with Gasteiger partial charge in [0.1, 0.15) is 18.0 Å². The molecule has 0 aromatic heterocycles. The zero-order chi connectivity index (χ0) is 26.8. The number of aliphatic hydroxyl groups excluding tert-OH is 2. The van der Waals surface area contributed by atoms with Crippen molar-refractivity contribution >= 4 is 11.8 Å². The van der Waals surface area contributed by atoms with E-state index in [9.17, 15) is 19.8 Å². The lowest BCUT2D eigenvalue weighted by atomic mass is 9.77. The van der Waals surface area contributed by atoms with Crippen LogP contribution in [0.1, 0.15) is 77.2 Å². The van der Waals surface area contributed by atoms with E-state index < -0.39 is 24.2 Å². The number of fused-ring (bicyclic) bond motifs is 3. The summed E-state index contributed by atoms with van der Waals surface area (Å²) in [5.74, 6) is -0.171. The second-order valence-corrected chi connectivity index (χ2v) is 10.2. The van der Waals surface area contributed by atoms with E-state index in [0.717, 1.165) is 37.7 Å². The minimum atomic E-state index is -0.998. The fourth-order valence-corrected chi connectivity index (χ4v) is 5.21. The van der Waals surface area contributed by atoms with E-state index in [2.05, 4.69) is 12.2 Å². The second-order valence-electron chi connectivity index (χ2n) is 10.2. The van der Waals surface area contributed by atoms with Crippen LogP contribution in [0, 0.1) is 0 Å². The second kappa shape index (κ2) is 14.5. The Hall–Kier alpha value is -2.42. The molecular formula is C29H44N2O6. The number of hydrogen-bond acceptors (Lipinski definition) is 6. The van der Waals surface area contributed by atoms with Crippen LogP contribution in [0.4, 0.5) is 0 Å². The van der Waals surface area contributed by atoms with Crippen LogP contribution >= 0.6 is 0 Å². The van der Waals surface area contributed by atoms with Gasteiger partial charge in [-0.3, -0.25) is 9.59 Å². The Morgan fingerprint density at radius 2 is 1.89 bits per heavy atom. The van der Waals surface area contributed by atoms with E-state index in [1.54, 1.807) is 11.0 Å². The average molecular weight is 517 g/mol. The number of ether oxygens (including phenoxy) is 2. The van der Waals surface area contributed by atoms with Gasteiger partial charge in [-0.1, -0.05) is 50.8 Å². The molecule has 4 atom stereocenters.